The van der Waals surface area contributed by atoms with E-state index in [0.29, 0.717) is 23.2 Å². The Morgan fingerprint density at radius 3 is 2.76 bits per heavy atom. The summed E-state index contributed by atoms with van der Waals surface area (Å²) in [5.41, 5.74) is 0.356. The molecule has 0 aliphatic rings. The van der Waals surface area contributed by atoms with E-state index in [0.717, 1.165) is 0 Å². The molecule has 1 unspecified atom stereocenters. The molecule has 0 aliphatic carbocycles. The Balaban J connectivity index is 2.48. The molecule has 1 aromatic rings. The van der Waals surface area contributed by atoms with Gasteiger partial charge in [0, 0.05) is 12.6 Å². The monoisotopic (exact) mass is 303 g/mol. The minimum atomic E-state index is -0.370. The first kappa shape index (κ1) is 14.3. The number of aliphatic hydroxyl groups excluding tert-OH is 1. The summed E-state index contributed by atoms with van der Waals surface area (Å²) in [5.74, 6) is -0.168. The summed E-state index contributed by atoms with van der Waals surface area (Å²) in [4.78, 5) is 11.7. The maximum absolute atomic E-state index is 11.7. The summed E-state index contributed by atoms with van der Waals surface area (Å²) in [5, 5.41) is 12.2. The Morgan fingerprint density at radius 2 is 2.29 bits per heavy atom. The van der Waals surface area contributed by atoms with Crippen molar-refractivity contribution in [2.75, 3.05) is 6.54 Å². The van der Waals surface area contributed by atoms with Gasteiger partial charge < -0.3 is 14.8 Å². The highest BCUT2D eigenvalue weighted by Gasteiger charge is 2.21. The second-order valence-corrected chi connectivity index (χ2v) is 5.82. The van der Waals surface area contributed by atoms with E-state index in [1.54, 1.807) is 13.0 Å². The quantitative estimate of drug-likeness (QED) is 0.879. The number of amides is 1. The second kappa shape index (κ2) is 5.69. The van der Waals surface area contributed by atoms with Gasteiger partial charge in [0.1, 0.15) is 6.26 Å². The average Bonchev–Trinajstić information content (AvgIpc) is 2.59. The first-order valence-corrected chi connectivity index (χ1v) is 6.30. The molecule has 1 aromatic heterocycles. The number of halogens is 1. The van der Waals surface area contributed by atoms with Gasteiger partial charge >= 0.3 is 0 Å². The van der Waals surface area contributed by atoms with E-state index >= 15 is 0 Å². The van der Waals surface area contributed by atoms with Gasteiger partial charge in [-0.2, -0.15) is 0 Å². The van der Waals surface area contributed by atoms with Crippen LogP contribution in [0.1, 0.15) is 37.6 Å². The van der Waals surface area contributed by atoms with Crippen molar-refractivity contribution in [3.63, 3.8) is 0 Å². The zero-order valence-corrected chi connectivity index (χ0v) is 11.9. The summed E-state index contributed by atoms with van der Waals surface area (Å²) < 4.78 is 5.53. The molecule has 96 valence electrons. The molecular formula is C12H18BrNO3. The van der Waals surface area contributed by atoms with Crippen molar-refractivity contribution in [2.24, 2.45) is 5.41 Å². The molecule has 1 heterocycles. The molecule has 1 rings (SSSR count). The molecule has 1 amide bonds. The topological polar surface area (TPSA) is 62.5 Å². The molecule has 5 heteroatoms. The van der Waals surface area contributed by atoms with E-state index in [4.69, 9.17) is 4.42 Å². The fourth-order valence-electron chi connectivity index (χ4n) is 1.72. The lowest BCUT2D eigenvalue weighted by Crippen LogP contribution is -2.35. The van der Waals surface area contributed by atoms with Crippen LogP contribution in [0.3, 0.4) is 0 Å². The standard InChI is InChI=1S/C12H18BrNO3/c1-8(15)5-12(2,3)7-14-11(16)9-4-10(13)17-6-9/h4,6,8,15H,5,7H2,1-3H3,(H,14,16). The van der Waals surface area contributed by atoms with Crippen LogP contribution in [0, 0.1) is 5.41 Å². The average molecular weight is 304 g/mol. The highest BCUT2D eigenvalue weighted by molar-refractivity contribution is 9.10. The summed E-state index contributed by atoms with van der Waals surface area (Å²) in [7, 11) is 0. The van der Waals surface area contributed by atoms with Gasteiger partial charge in [0.05, 0.1) is 11.7 Å². The van der Waals surface area contributed by atoms with Crippen LogP contribution in [0.5, 0.6) is 0 Å². The van der Waals surface area contributed by atoms with Gasteiger partial charge in [-0.3, -0.25) is 4.79 Å². The second-order valence-electron chi connectivity index (χ2n) is 5.04. The number of carbonyl (C=O) groups is 1. The maximum Gasteiger partial charge on any atom is 0.254 e. The molecule has 0 saturated heterocycles. The molecule has 0 fully saturated rings. The van der Waals surface area contributed by atoms with Crippen LogP contribution < -0.4 is 5.32 Å². The van der Waals surface area contributed by atoms with Crippen LogP contribution in [-0.4, -0.2) is 23.7 Å². The maximum atomic E-state index is 11.7. The van der Waals surface area contributed by atoms with Crippen LogP contribution >= 0.6 is 15.9 Å². The third-order valence-electron chi connectivity index (χ3n) is 2.41. The molecule has 0 radical (unpaired) electrons. The first-order chi connectivity index (χ1) is 7.80. The third kappa shape index (κ3) is 4.91. The molecule has 0 bridgehead atoms. The van der Waals surface area contributed by atoms with Gasteiger partial charge in [-0.1, -0.05) is 13.8 Å². The number of aliphatic hydroxyl groups is 1. The summed E-state index contributed by atoms with van der Waals surface area (Å²) in [6, 6.07) is 1.62. The van der Waals surface area contributed by atoms with E-state index in [-0.39, 0.29) is 17.4 Å². The number of hydrogen-bond acceptors (Lipinski definition) is 3. The SMILES string of the molecule is CC(O)CC(C)(C)CNC(=O)c1coc(Br)c1. The summed E-state index contributed by atoms with van der Waals surface area (Å²) in [6.45, 7) is 6.27. The highest BCUT2D eigenvalue weighted by Crippen LogP contribution is 2.21. The largest absolute Gasteiger partial charge is 0.457 e. The molecule has 0 spiro atoms. The van der Waals surface area contributed by atoms with Crippen molar-refractivity contribution in [3.8, 4) is 0 Å². The molecular weight excluding hydrogens is 286 g/mol. The molecule has 0 saturated carbocycles. The summed E-state index contributed by atoms with van der Waals surface area (Å²) >= 11 is 3.14. The Kier molecular flexibility index (Phi) is 4.77. The van der Waals surface area contributed by atoms with Crippen LogP contribution in [0.2, 0.25) is 0 Å². The van der Waals surface area contributed by atoms with E-state index in [1.165, 1.54) is 6.26 Å². The van der Waals surface area contributed by atoms with Crippen LogP contribution in [0.4, 0.5) is 0 Å². The Morgan fingerprint density at radius 1 is 1.65 bits per heavy atom. The normalized spacial score (nSPS) is 13.5. The van der Waals surface area contributed by atoms with Crippen molar-refractivity contribution < 1.29 is 14.3 Å². The van der Waals surface area contributed by atoms with Crippen molar-refractivity contribution in [1.82, 2.24) is 5.32 Å². The van der Waals surface area contributed by atoms with Crippen molar-refractivity contribution in [1.29, 1.82) is 0 Å². The van der Waals surface area contributed by atoms with Crippen LogP contribution in [-0.2, 0) is 0 Å². The Labute approximate surface area is 110 Å². The van der Waals surface area contributed by atoms with E-state index < -0.39 is 0 Å². The van der Waals surface area contributed by atoms with E-state index in [1.807, 2.05) is 13.8 Å². The first-order valence-electron chi connectivity index (χ1n) is 5.50. The zero-order chi connectivity index (χ0) is 13.1. The molecule has 0 aliphatic heterocycles. The van der Waals surface area contributed by atoms with Crippen LogP contribution in [0.15, 0.2) is 21.4 Å². The third-order valence-corrected chi connectivity index (χ3v) is 2.82. The predicted octanol–water partition coefficient (Wildman–Crippen LogP) is 2.57. The van der Waals surface area contributed by atoms with Crippen molar-refractivity contribution in [3.05, 3.63) is 22.6 Å². The molecule has 1 atom stereocenters. The van der Waals surface area contributed by atoms with Gasteiger partial charge in [0.2, 0.25) is 0 Å². The number of furan rings is 1. The van der Waals surface area contributed by atoms with Crippen LogP contribution in [0.25, 0.3) is 0 Å². The van der Waals surface area contributed by atoms with E-state index in [9.17, 15) is 9.90 Å². The minimum absolute atomic E-state index is 0.134. The lowest BCUT2D eigenvalue weighted by molar-refractivity contribution is 0.0901. The number of rotatable bonds is 5. The smallest absolute Gasteiger partial charge is 0.254 e. The molecule has 0 aromatic carbocycles. The molecule has 4 nitrogen and oxygen atoms in total. The molecule has 2 N–H and O–H groups in total. The van der Waals surface area contributed by atoms with Crippen molar-refractivity contribution >= 4 is 21.8 Å². The summed E-state index contributed by atoms with van der Waals surface area (Å²) in [6.07, 6.45) is 1.67. The Hall–Kier alpha value is -0.810. The van der Waals surface area contributed by atoms with Gasteiger partial charge in [-0.05, 0) is 34.7 Å². The zero-order valence-electron chi connectivity index (χ0n) is 10.3. The predicted molar refractivity (Wildman–Crippen MR) is 68.8 cm³/mol. The van der Waals surface area contributed by atoms with Gasteiger partial charge in [-0.25, -0.2) is 0 Å². The fraction of sp³-hybridized carbons (Fsp3) is 0.583. The highest BCUT2D eigenvalue weighted by atomic mass is 79.9. The van der Waals surface area contributed by atoms with E-state index in [2.05, 4.69) is 21.2 Å². The Bertz CT molecular complexity index is 385. The van der Waals surface area contributed by atoms with Gasteiger partial charge in [0.15, 0.2) is 4.67 Å². The minimum Gasteiger partial charge on any atom is -0.457 e. The number of carbonyl (C=O) groups excluding carboxylic acids is 1. The van der Waals surface area contributed by atoms with Gasteiger partial charge in [0.25, 0.3) is 5.91 Å². The lowest BCUT2D eigenvalue weighted by Gasteiger charge is -2.26. The van der Waals surface area contributed by atoms with Crippen molar-refractivity contribution in [2.45, 2.75) is 33.3 Å². The fourth-order valence-corrected chi connectivity index (χ4v) is 2.06. The number of nitrogens with one attached hydrogen (secondary N) is 1. The van der Waals surface area contributed by atoms with Gasteiger partial charge in [-0.15, -0.1) is 0 Å². The number of hydrogen-bond donors (Lipinski definition) is 2. The lowest BCUT2D eigenvalue weighted by atomic mass is 9.87. The molecule has 17 heavy (non-hydrogen) atoms.